The Balaban J connectivity index is 0.00000200. The van der Waals surface area contributed by atoms with E-state index >= 15 is 0 Å². The topological polar surface area (TPSA) is 36.4 Å². The van der Waals surface area contributed by atoms with Crippen LogP contribution in [0.5, 0.6) is 0 Å². The third-order valence-corrected chi connectivity index (χ3v) is 2.96. The highest BCUT2D eigenvalue weighted by Gasteiger charge is 2.37. The molecule has 0 amide bonds. The average Bonchev–Trinajstić information content (AvgIpc) is 2.79. The summed E-state index contributed by atoms with van der Waals surface area (Å²) in [6, 6.07) is 1.91. The van der Waals surface area contributed by atoms with Crippen LogP contribution < -0.4 is 10.6 Å². The summed E-state index contributed by atoms with van der Waals surface area (Å²) in [6.45, 7) is 1.53. The van der Waals surface area contributed by atoms with Gasteiger partial charge in [-0.1, -0.05) is 11.6 Å². The molecule has 1 heterocycles. The minimum absolute atomic E-state index is 0. The molecular formula is C11H11Cl2F4N3. The number of hydrogen-bond donors (Lipinski definition) is 2. The van der Waals surface area contributed by atoms with Gasteiger partial charge in [-0.2, -0.15) is 13.2 Å². The predicted molar refractivity (Wildman–Crippen MR) is 72.5 cm³/mol. The van der Waals surface area contributed by atoms with E-state index in [0.717, 1.165) is 6.07 Å². The molecule has 1 aliphatic heterocycles. The van der Waals surface area contributed by atoms with E-state index in [1.165, 1.54) is 6.07 Å². The van der Waals surface area contributed by atoms with Gasteiger partial charge < -0.3 is 10.6 Å². The van der Waals surface area contributed by atoms with Crippen molar-refractivity contribution in [2.75, 3.05) is 25.0 Å². The first kappa shape index (κ1) is 16.8. The fraction of sp³-hybridized carbons (Fsp3) is 0.364. The Kier molecular flexibility index (Phi) is 5.47. The van der Waals surface area contributed by atoms with Gasteiger partial charge in [0.2, 0.25) is 0 Å². The summed E-state index contributed by atoms with van der Waals surface area (Å²) < 4.78 is 51.1. The van der Waals surface area contributed by atoms with Gasteiger partial charge in [0, 0.05) is 6.54 Å². The van der Waals surface area contributed by atoms with Crippen LogP contribution in [0.1, 0.15) is 5.56 Å². The van der Waals surface area contributed by atoms with Crippen LogP contribution in [0.2, 0.25) is 5.02 Å². The normalized spacial score (nSPS) is 14.3. The number of alkyl halides is 3. The first-order chi connectivity index (χ1) is 8.89. The summed E-state index contributed by atoms with van der Waals surface area (Å²) in [5.41, 5.74) is -1.44. The second-order valence-corrected chi connectivity index (χ2v) is 4.27. The van der Waals surface area contributed by atoms with Gasteiger partial charge >= 0.3 is 6.18 Å². The van der Waals surface area contributed by atoms with Crippen molar-refractivity contribution < 1.29 is 17.6 Å². The fourth-order valence-electron chi connectivity index (χ4n) is 1.69. The molecule has 0 spiro atoms. The van der Waals surface area contributed by atoms with E-state index in [2.05, 4.69) is 15.6 Å². The highest BCUT2D eigenvalue weighted by molar-refractivity contribution is 6.34. The molecule has 0 saturated carbocycles. The second kappa shape index (κ2) is 6.49. The van der Waals surface area contributed by atoms with E-state index in [1.54, 1.807) is 0 Å². The van der Waals surface area contributed by atoms with E-state index in [1.807, 2.05) is 0 Å². The zero-order valence-corrected chi connectivity index (χ0v) is 11.6. The van der Waals surface area contributed by atoms with Crippen LogP contribution in [-0.2, 0) is 6.18 Å². The smallest absolute Gasteiger partial charge is 0.377 e. The van der Waals surface area contributed by atoms with Gasteiger partial charge in [-0.25, -0.2) is 4.39 Å². The zero-order chi connectivity index (χ0) is 14.0. The maximum Gasteiger partial charge on any atom is 0.420 e. The Hall–Kier alpha value is -1.21. The molecule has 0 atom stereocenters. The summed E-state index contributed by atoms with van der Waals surface area (Å²) in [4.78, 5) is 4.07. The largest absolute Gasteiger partial charge is 0.420 e. The number of benzene rings is 1. The Morgan fingerprint density at radius 2 is 2.05 bits per heavy atom. The third kappa shape index (κ3) is 3.67. The Morgan fingerprint density at radius 1 is 1.35 bits per heavy atom. The second-order valence-electron chi connectivity index (χ2n) is 3.89. The molecule has 1 aliphatic rings. The molecule has 1 aromatic carbocycles. The Labute approximate surface area is 123 Å². The van der Waals surface area contributed by atoms with Crippen LogP contribution >= 0.6 is 24.0 Å². The van der Waals surface area contributed by atoms with Gasteiger partial charge in [0.25, 0.3) is 0 Å². The van der Waals surface area contributed by atoms with Gasteiger partial charge in [-0.3, -0.25) is 4.99 Å². The van der Waals surface area contributed by atoms with Gasteiger partial charge in [-0.05, 0) is 12.1 Å². The van der Waals surface area contributed by atoms with Gasteiger partial charge in [0.15, 0.2) is 0 Å². The third-order valence-electron chi connectivity index (χ3n) is 2.56. The maximum atomic E-state index is 13.2. The number of hydrogen-bond acceptors (Lipinski definition) is 3. The minimum Gasteiger partial charge on any atom is -0.377 e. The quantitative estimate of drug-likeness (QED) is 0.833. The molecule has 0 unspecified atom stereocenters. The number of nitrogens with one attached hydrogen (secondary N) is 2. The van der Waals surface area contributed by atoms with Gasteiger partial charge in [-0.15, -0.1) is 12.4 Å². The molecule has 0 aromatic heterocycles. The first-order valence-corrected chi connectivity index (χ1v) is 5.83. The monoisotopic (exact) mass is 331 g/mol. The SMILES string of the molecule is Cl.Fc1ccc(NCC2=NCCN2)c(Cl)c1C(F)(F)F. The standard InChI is InChI=1S/C11H10ClF4N3.ClH/c12-10-7(19-5-8-17-3-4-18-8)2-1-6(13)9(10)11(14,15)16;/h1-2,19H,3-5H2,(H,17,18);1H. The van der Waals surface area contributed by atoms with E-state index in [0.29, 0.717) is 18.9 Å². The lowest BCUT2D eigenvalue weighted by Crippen LogP contribution is -2.26. The Bertz CT molecular complexity index is 517. The molecule has 9 heteroatoms. The maximum absolute atomic E-state index is 13.2. The van der Waals surface area contributed by atoms with Gasteiger partial charge in [0.1, 0.15) is 17.2 Å². The lowest BCUT2D eigenvalue weighted by atomic mass is 10.1. The van der Waals surface area contributed by atoms with Gasteiger partial charge in [0.05, 0.1) is 23.8 Å². The van der Waals surface area contributed by atoms with Crippen molar-refractivity contribution in [3.63, 3.8) is 0 Å². The van der Waals surface area contributed by atoms with E-state index in [4.69, 9.17) is 11.6 Å². The number of rotatable bonds is 3. The first-order valence-electron chi connectivity index (χ1n) is 5.46. The molecule has 0 fully saturated rings. The number of amidine groups is 1. The molecule has 0 radical (unpaired) electrons. The number of anilines is 1. The lowest BCUT2D eigenvalue weighted by Gasteiger charge is -2.14. The van der Waals surface area contributed by atoms with Crippen LogP contribution in [0.15, 0.2) is 17.1 Å². The van der Waals surface area contributed by atoms with Crippen molar-refractivity contribution in [2.24, 2.45) is 4.99 Å². The summed E-state index contributed by atoms with van der Waals surface area (Å²) >= 11 is 5.60. The molecule has 0 aliphatic carbocycles. The molecule has 3 nitrogen and oxygen atoms in total. The van der Waals surface area contributed by atoms with Crippen molar-refractivity contribution in [1.29, 1.82) is 0 Å². The lowest BCUT2D eigenvalue weighted by molar-refractivity contribution is -0.139. The van der Waals surface area contributed by atoms with Crippen LogP contribution in [0, 0.1) is 5.82 Å². The molecule has 2 rings (SSSR count). The molecule has 112 valence electrons. The molecule has 0 bridgehead atoms. The molecule has 20 heavy (non-hydrogen) atoms. The number of halogens is 6. The van der Waals surface area contributed by atoms with Crippen LogP contribution in [-0.4, -0.2) is 25.5 Å². The van der Waals surface area contributed by atoms with Crippen molar-refractivity contribution in [1.82, 2.24) is 5.32 Å². The van der Waals surface area contributed by atoms with Crippen molar-refractivity contribution in [3.8, 4) is 0 Å². The summed E-state index contributed by atoms with van der Waals surface area (Å²) in [6.07, 6.45) is -4.83. The fourth-order valence-corrected chi connectivity index (χ4v) is 2.02. The zero-order valence-electron chi connectivity index (χ0n) is 10.0. The average molecular weight is 332 g/mol. The molecule has 0 saturated heterocycles. The summed E-state index contributed by atoms with van der Waals surface area (Å²) in [5, 5.41) is 4.98. The minimum atomic E-state index is -4.83. The van der Waals surface area contributed by atoms with Crippen LogP contribution in [0.4, 0.5) is 23.2 Å². The van der Waals surface area contributed by atoms with E-state index < -0.39 is 22.6 Å². The van der Waals surface area contributed by atoms with Crippen molar-refractivity contribution in [2.45, 2.75) is 6.18 Å². The molecule has 1 aromatic rings. The van der Waals surface area contributed by atoms with Crippen LogP contribution in [0.25, 0.3) is 0 Å². The summed E-state index contributed by atoms with van der Waals surface area (Å²) in [7, 11) is 0. The molecular weight excluding hydrogens is 321 g/mol. The highest BCUT2D eigenvalue weighted by atomic mass is 35.5. The van der Waals surface area contributed by atoms with Crippen molar-refractivity contribution in [3.05, 3.63) is 28.5 Å². The number of aliphatic imine (C=N–C) groups is 1. The highest BCUT2D eigenvalue weighted by Crippen LogP contribution is 2.39. The van der Waals surface area contributed by atoms with E-state index in [9.17, 15) is 17.6 Å². The number of nitrogens with zero attached hydrogens (tertiary/aromatic N) is 1. The Morgan fingerprint density at radius 3 is 2.60 bits per heavy atom. The van der Waals surface area contributed by atoms with Crippen molar-refractivity contribution >= 4 is 35.5 Å². The van der Waals surface area contributed by atoms with Crippen LogP contribution in [0.3, 0.4) is 0 Å². The summed E-state index contributed by atoms with van der Waals surface area (Å²) in [5.74, 6) is -0.756. The predicted octanol–water partition coefficient (Wildman–Crippen LogP) is 3.33. The molecule has 2 N–H and O–H groups in total. The van der Waals surface area contributed by atoms with E-state index in [-0.39, 0.29) is 24.6 Å².